The van der Waals surface area contributed by atoms with Crippen LogP contribution in [-0.2, 0) is 4.79 Å². The summed E-state index contributed by atoms with van der Waals surface area (Å²) in [4.78, 5) is 9.76. The number of carbonyl (C=O) groups excluding carboxylic acids is 1. The molecular weight excluding hydrogens is 166 g/mol. The van der Waals surface area contributed by atoms with Gasteiger partial charge in [0.2, 0.25) is 6.41 Å². The van der Waals surface area contributed by atoms with Gasteiger partial charge < -0.3 is 25.7 Å². The molecule has 0 fully saturated rings. The Balaban J connectivity index is 3.74. The van der Waals surface area contributed by atoms with Gasteiger partial charge in [0.05, 0.1) is 12.7 Å². The lowest BCUT2D eigenvalue weighted by atomic mass is 10.1. The summed E-state index contributed by atoms with van der Waals surface area (Å²) in [5.74, 6) is 0. The summed E-state index contributed by atoms with van der Waals surface area (Å²) in [5.41, 5.74) is 0. The maximum absolute atomic E-state index is 9.76. The van der Waals surface area contributed by atoms with Crippen molar-refractivity contribution >= 4 is 6.41 Å². The third-order valence-corrected chi connectivity index (χ3v) is 1.39. The molecular formula is C6H13NO5. The fraction of sp³-hybridized carbons (Fsp3) is 0.833. The number of nitrogens with one attached hydrogen (secondary N) is 1. The summed E-state index contributed by atoms with van der Waals surface area (Å²) < 4.78 is 0. The average Bonchev–Trinajstić information content (AvgIpc) is 2.11. The van der Waals surface area contributed by atoms with Crippen molar-refractivity contribution in [3.63, 3.8) is 0 Å². The van der Waals surface area contributed by atoms with Gasteiger partial charge in [-0.3, -0.25) is 4.79 Å². The van der Waals surface area contributed by atoms with E-state index in [1.165, 1.54) is 0 Å². The molecule has 0 rings (SSSR count). The number of aliphatic hydroxyl groups is 4. The number of carbonyl (C=O) groups is 1. The van der Waals surface area contributed by atoms with E-state index < -0.39 is 24.9 Å². The van der Waals surface area contributed by atoms with Gasteiger partial charge in [-0.05, 0) is 0 Å². The second-order valence-electron chi connectivity index (χ2n) is 2.33. The van der Waals surface area contributed by atoms with Crippen molar-refractivity contribution in [2.75, 3.05) is 13.2 Å². The fourth-order valence-electron chi connectivity index (χ4n) is 0.654. The standard InChI is InChI=1S/C6H13NO5/c8-2-5(11)6(12)4(10)1-7-3-9/h3-6,8,10-12H,1-2H2,(H,7,9)/t4-,5+,6+/m1/s1. The highest BCUT2D eigenvalue weighted by Crippen LogP contribution is 1.98. The molecule has 5 N–H and O–H groups in total. The van der Waals surface area contributed by atoms with Crippen LogP contribution in [0.3, 0.4) is 0 Å². The van der Waals surface area contributed by atoms with Crippen LogP contribution < -0.4 is 5.32 Å². The Labute approximate surface area is 69.5 Å². The molecule has 0 aromatic carbocycles. The highest BCUT2D eigenvalue weighted by Gasteiger charge is 2.23. The summed E-state index contributed by atoms with van der Waals surface area (Å²) in [7, 11) is 0. The Bertz CT molecular complexity index is 131. The minimum Gasteiger partial charge on any atom is -0.394 e. The van der Waals surface area contributed by atoms with Gasteiger partial charge in [-0.1, -0.05) is 0 Å². The first-order valence-electron chi connectivity index (χ1n) is 3.45. The normalized spacial score (nSPS) is 18.0. The molecule has 0 aliphatic heterocycles. The molecule has 0 radical (unpaired) electrons. The zero-order valence-electron chi connectivity index (χ0n) is 6.42. The number of aliphatic hydroxyl groups excluding tert-OH is 4. The van der Waals surface area contributed by atoms with Crippen molar-refractivity contribution in [3.05, 3.63) is 0 Å². The first kappa shape index (κ1) is 11.3. The van der Waals surface area contributed by atoms with Crippen molar-refractivity contribution in [1.29, 1.82) is 0 Å². The molecule has 0 aromatic rings. The third kappa shape index (κ3) is 3.63. The molecule has 6 heteroatoms. The third-order valence-electron chi connectivity index (χ3n) is 1.39. The topological polar surface area (TPSA) is 110 Å². The largest absolute Gasteiger partial charge is 0.394 e. The Morgan fingerprint density at radius 2 is 1.83 bits per heavy atom. The van der Waals surface area contributed by atoms with E-state index in [0.717, 1.165) is 0 Å². The van der Waals surface area contributed by atoms with Crippen LogP contribution in [0.4, 0.5) is 0 Å². The van der Waals surface area contributed by atoms with Crippen LogP contribution in [0.1, 0.15) is 0 Å². The van der Waals surface area contributed by atoms with Crippen LogP contribution in [0, 0.1) is 0 Å². The van der Waals surface area contributed by atoms with Gasteiger partial charge in [-0.25, -0.2) is 0 Å². The highest BCUT2D eigenvalue weighted by atomic mass is 16.4. The van der Waals surface area contributed by atoms with Crippen LogP contribution in [0.5, 0.6) is 0 Å². The smallest absolute Gasteiger partial charge is 0.207 e. The zero-order chi connectivity index (χ0) is 9.56. The molecule has 0 spiro atoms. The summed E-state index contributed by atoms with van der Waals surface area (Å²) in [5, 5.41) is 37.3. The van der Waals surface area contributed by atoms with E-state index in [2.05, 4.69) is 5.32 Å². The van der Waals surface area contributed by atoms with E-state index in [9.17, 15) is 4.79 Å². The van der Waals surface area contributed by atoms with E-state index >= 15 is 0 Å². The van der Waals surface area contributed by atoms with Crippen LogP contribution in [-0.4, -0.2) is 58.3 Å². The maximum atomic E-state index is 9.76. The molecule has 0 aliphatic rings. The number of amides is 1. The summed E-state index contributed by atoms with van der Waals surface area (Å²) >= 11 is 0. The SMILES string of the molecule is O=CNC[C@@H](O)[C@H](O)[C@@H](O)CO. The van der Waals surface area contributed by atoms with Gasteiger partial charge >= 0.3 is 0 Å². The molecule has 1 amide bonds. The molecule has 3 atom stereocenters. The van der Waals surface area contributed by atoms with Crippen molar-refractivity contribution in [2.45, 2.75) is 18.3 Å². The molecule has 0 saturated heterocycles. The second kappa shape index (κ2) is 5.90. The van der Waals surface area contributed by atoms with Gasteiger partial charge in [0.25, 0.3) is 0 Å². The minimum atomic E-state index is -1.46. The molecule has 6 nitrogen and oxygen atoms in total. The first-order chi connectivity index (χ1) is 5.63. The predicted molar refractivity (Wildman–Crippen MR) is 39.2 cm³/mol. The van der Waals surface area contributed by atoms with Crippen molar-refractivity contribution in [1.82, 2.24) is 5.32 Å². The van der Waals surface area contributed by atoms with Gasteiger partial charge in [0.1, 0.15) is 12.2 Å². The second-order valence-corrected chi connectivity index (χ2v) is 2.33. The quantitative estimate of drug-likeness (QED) is 0.276. The Hall–Kier alpha value is -0.690. The summed E-state index contributed by atoms with van der Waals surface area (Å²) in [6, 6.07) is 0. The van der Waals surface area contributed by atoms with E-state index in [-0.39, 0.29) is 6.54 Å². The lowest BCUT2D eigenvalue weighted by Gasteiger charge is -2.20. The molecule has 12 heavy (non-hydrogen) atoms. The van der Waals surface area contributed by atoms with E-state index in [4.69, 9.17) is 20.4 Å². The number of rotatable bonds is 6. The monoisotopic (exact) mass is 179 g/mol. The van der Waals surface area contributed by atoms with Crippen LogP contribution in [0.2, 0.25) is 0 Å². The van der Waals surface area contributed by atoms with Crippen LogP contribution in [0.15, 0.2) is 0 Å². The van der Waals surface area contributed by atoms with Crippen molar-refractivity contribution in [3.8, 4) is 0 Å². The first-order valence-corrected chi connectivity index (χ1v) is 3.45. The van der Waals surface area contributed by atoms with E-state index in [1.807, 2.05) is 0 Å². The Morgan fingerprint density at radius 3 is 2.25 bits per heavy atom. The van der Waals surface area contributed by atoms with Gasteiger partial charge in [0, 0.05) is 6.54 Å². The lowest BCUT2D eigenvalue weighted by Crippen LogP contribution is -2.44. The molecule has 0 heterocycles. The molecule has 72 valence electrons. The van der Waals surface area contributed by atoms with Crippen molar-refractivity contribution < 1.29 is 25.2 Å². The summed E-state index contributed by atoms with van der Waals surface area (Å²) in [6.45, 7) is -0.805. The fourth-order valence-corrected chi connectivity index (χ4v) is 0.654. The van der Waals surface area contributed by atoms with Gasteiger partial charge in [-0.2, -0.15) is 0 Å². The molecule has 0 saturated carbocycles. The molecule has 0 aliphatic carbocycles. The van der Waals surface area contributed by atoms with Crippen LogP contribution in [0.25, 0.3) is 0 Å². The number of hydrogen-bond donors (Lipinski definition) is 5. The van der Waals surface area contributed by atoms with Gasteiger partial charge in [-0.15, -0.1) is 0 Å². The highest BCUT2D eigenvalue weighted by molar-refractivity contribution is 5.45. The number of hydrogen-bond acceptors (Lipinski definition) is 5. The van der Waals surface area contributed by atoms with E-state index in [1.54, 1.807) is 0 Å². The van der Waals surface area contributed by atoms with Crippen LogP contribution >= 0.6 is 0 Å². The molecule has 0 aromatic heterocycles. The van der Waals surface area contributed by atoms with Gasteiger partial charge in [0.15, 0.2) is 0 Å². The van der Waals surface area contributed by atoms with Crippen molar-refractivity contribution in [2.24, 2.45) is 0 Å². The Kier molecular flexibility index (Phi) is 5.56. The predicted octanol–water partition coefficient (Wildman–Crippen LogP) is -3.19. The Morgan fingerprint density at radius 1 is 1.25 bits per heavy atom. The molecule has 0 bridgehead atoms. The lowest BCUT2D eigenvalue weighted by molar-refractivity contribution is -0.111. The van der Waals surface area contributed by atoms with E-state index in [0.29, 0.717) is 6.41 Å². The molecule has 0 unspecified atom stereocenters. The summed E-state index contributed by atoms with van der Waals surface area (Å²) in [6.07, 6.45) is -3.77. The maximum Gasteiger partial charge on any atom is 0.207 e. The average molecular weight is 179 g/mol. The zero-order valence-corrected chi connectivity index (χ0v) is 6.42. The minimum absolute atomic E-state index is 0.165.